The summed E-state index contributed by atoms with van der Waals surface area (Å²) in [6.07, 6.45) is -0.935. The van der Waals surface area contributed by atoms with Gasteiger partial charge in [0.15, 0.2) is 0 Å². The molecule has 2 fully saturated rings. The van der Waals surface area contributed by atoms with Crippen LogP contribution in [0.2, 0.25) is 0 Å². The topological polar surface area (TPSA) is 98.3 Å². The molecule has 1 saturated carbocycles. The third-order valence-electron chi connectivity index (χ3n) is 5.59. The van der Waals surface area contributed by atoms with Crippen LogP contribution in [0.25, 0.3) is 11.1 Å². The monoisotopic (exact) mass is 408 g/mol. The Hall–Kier alpha value is -2.88. The SMILES string of the molecule is CC(O)(C(=O)N1[C@H](C(=O)Nc2ccc(-c3cn[nH]c3)cc2)C[C@H]2C[C@@H]21)C(F)(F)F. The number of fused-ring (bicyclic) bond motifs is 1. The number of aromatic nitrogens is 2. The first kappa shape index (κ1) is 19.4. The Balaban J connectivity index is 1.49. The summed E-state index contributed by atoms with van der Waals surface area (Å²) in [6, 6.07) is 5.37. The van der Waals surface area contributed by atoms with Crippen LogP contribution in [0.4, 0.5) is 18.9 Å². The highest BCUT2D eigenvalue weighted by molar-refractivity contribution is 5.99. The third kappa shape index (κ3) is 3.37. The van der Waals surface area contributed by atoms with E-state index >= 15 is 0 Å². The van der Waals surface area contributed by atoms with Gasteiger partial charge in [0, 0.05) is 23.5 Å². The van der Waals surface area contributed by atoms with Crippen LogP contribution < -0.4 is 5.32 Å². The average molecular weight is 408 g/mol. The van der Waals surface area contributed by atoms with E-state index in [2.05, 4.69) is 15.5 Å². The summed E-state index contributed by atoms with van der Waals surface area (Å²) in [5, 5.41) is 19.0. The molecule has 0 radical (unpaired) electrons. The zero-order valence-corrected chi connectivity index (χ0v) is 15.4. The standard InChI is InChI=1S/C19H19F3N4O3/c1-18(29,19(20,21)22)17(28)26-14-6-11(14)7-15(26)16(27)25-13-4-2-10(3-5-13)12-8-23-24-9-12/h2-5,8-9,11,14-15,29H,6-7H2,1H3,(H,23,24)(H,25,27)/t11-,14+,15+,18?/m1/s1. The van der Waals surface area contributed by atoms with Crippen molar-refractivity contribution in [1.29, 1.82) is 0 Å². The first-order chi connectivity index (χ1) is 13.6. The van der Waals surface area contributed by atoms with Crippen molar-refractivity contribution >= 4 is 17.5 Å². The second-order valence-electron chi connectivity index (χ2n) is 7.65. The molecule has 3 N–H and O–H groups in total. The minimum atomic E-state index is -5.12. The molecule has 2 amide bonds. The largest absolute Gasteiger partial charge is 0.426 e. The van der Waals surface area contributed by atoms with Crippen LogP contribution in [0.5, 0.6) is 0 Å². The molecule has 2 heterocycles. The van der Waals surface area contributed by atoms with Crippen LogP contribution in [0.3, 0.4) is 0 Å². The van der Waals surface area contributed by atoms with Crippen LogP contribution in [0.15, 0.2) is 36.7 Å². The quantitative estimate of drug-likeness (QED) is 0.723. The lowest BCUT2D eigenvalue weighted by molar-refractivity contribution is -0.250. The second-order valence-corrected chi connectivity index (χ2v) is 7.65. The highest BCUT2D eigenvalue weighted by Crippen LogP contribution is 2.49. The number of benzene rings is 1. The Kier molecular flexibility index (Phi) is 4.41. The molecule has 4 atom stereocenters. The van der Waals surface area contributed by atoms with E-state index in [1.807, 2.05) is 0 Å². The number of H-pyrrole nitrogens is 1. The van der Waals surface area contributed by atoms with Gasteiger partial charge in [0.1, 0.15) is 6.04 Å². The summed E-state index contributed by atoms with van der Waals surface area (Å²) in [5.41, 5.74) is -1.34. The lowest BCUT2D eigenvalue weighted by atomic mass is 10.0. The first-order valence-corrected chi connectivity index (χ1v) is 9.11. The number of amides is 2. The Morgan fingerprint density at radius 3 is 2.48 bits per heavy atom. The van der Waals surface area contributed by atoms with E-state index in [0.717, 1.165) is 16.0 Å². The molecule has 7 nitrogen and oxygen atoms in total. The number of carbonyl (C=O) groups excluding carboxylic acids is 2. The van der Waals surface area contributed by atoms with Crippen molar-refractivity contribution in [2.45, 2.75) is 43.6 Å². The van der Waals surface area contributed by atoms with Gasteiger partial charge >= 0.3 is 6.18 Å². The molecule has 1 aromatic carbocycles. The molecule has 1 aromatic heterocycles. The summed E-state index contributed by atoms with van der Waals surface area (Å²) in [7, 11) is 0. The number of alkyl halides is 3. The van der Waals surface area contributed by atoms with E-state index in [1.165, 1.54) is 0 Å². The first-order valence-electron chi connectivity index (χ1n) is 9.11. The van der Waals surface area contributed by atoms with Crippen molar-refractivity contribution in [3.8, 4) is 11.1 Å². The van der Waals surface area contributed by atoms with Gasteiger partial charge in [-0.05, 0) is 43.4 Å². The molecule has 154 valence electrons. The molecule has 29 heavy (non-hydrogen) atoms. The molecule has 4 rings (SSSR count). The smallest absolute Gasteiger partial charge is 0.373 e. The highest BCUT2D eigenvalue weighted by Gasteiger charge is 2.64. The van der Waals surface area contributed by atoms with Gasteiger partial charge in [0.2, 0.25) is 11.5 Å². The minimum Gasteiger partial charge on any atom is -0.373 e. The highest BCUT2D eigenvalue weighted by atomic mass is 19.4. The van der Waals surface area contributed by atoms with Crippen molar-refractivity contribution in [2.24, 2.45) is 5.92 Å². The lowest BCUT2D eigenvalue weighted by Crippen LogP contribution is -2.59. The molecule has 1 aliphatic heterocycles. The van der Waals surface area contributed by atoms with Gasteiger partial charge in [0.25, 0.3) is 5.91 Å². The molecular weight excluding hydrogens is 389 g/mol. The lowest BCUT2D eigenvalue weighted by Gasteiger charge is -2.34. The van der Waals surface area contributed by atoms with E-state index in [9.17, 15) is 27.9 Å². The molecule has 0 spiro atoms. The Bertz CT molecular complexity index is 925. The number of nitrogens with zero attached hydrogens (tertiary/aromatic N) is 2. The maximum Gasteiger partial charge on any atom is 0.426 e. The van der Waals surface area contributed by atoms with Crippen LogP contribution in [-0.2, 0) is 9.59 Å². The molecule has 1 unspecified atom stereocenters. The Morgan fingerprint density at radius 2 is 1.90 bits per heavy atom. The Labute approximate surface area is 163 Å². The number of likely N-dealkylation sites (tertiary alicyclic amines) is 1. The zero-order chi connectivity index (χ0) is 21.0. The van der Waals surface area contributed by atoms with Crippen LogP contribution in [0.1, 0.15) is 19.8 Å². The van der Waals surface area contributed by atoms with Gasteiger partial charge in [0.05, 0.1) is 6.20 Å². The maximum atomic E-state index is 13.1. The number of hydrogen-bond acceptors (Lipinski definition) is 4. The normalized spacial score (nSPS) is 25.3. The number of halogens is 3. The van der Waals surface area contributed by atoms with Crippen molar-refractivity contribution in [2.75, 3.05) is 5.32 Å². The zero-order valence-electron chi connectivity index (χ0n) is 15.4. The summed E-state index contributed by atoms with van der Waals surface area (Å²) >= 11 is 0. The fraction of sp³-hybridized carbons (Fsp3) is 0.421. The molecular formula is C19H19F3N4O3. The molecule has 10 heteroatoms. The number of rotatable bonds is 4. The molecule has 1 saturated heterocycles. The fourth-order valence-corrected chi connectivity index (χ4v) is 3.74. The summed E-state index contributed by atoms with van der Waals surface area (Å²) in [4.78, 5) is 26.1. The van der Waals surface area contributed by atoms with Gasteiger partial charge in [-0.1, -0.05) is 12.1 Å². The number of nitrogens with one attached hydrogen (secondary N) is 2. The van der Waals surface area contributed by atoms with Gasteiger partial charge in [-0.3, -0.25) is 14.7 Å². The van der Waals surface area contributed by atoms with E-state index in [4.69, 9.17) is 0 Å². The molecule has 0 bridgehead atoms. The van der Waals surface area contributed by atoms with Crippen LogP contribution >= 0.6 is 0 Å². The predicted molar refractivity (Wildman–Crippen MR) is 96.5 cm³/mol. The average Bonchev–Trinajstić information content (AvgIpc) is 3.07. The van der Waals surface area contributed by atoms with Crippen molar-refractivity contribution < 1.29 is 27.9 Å². The number of piperidine rings is 1. The van der Waals surface area contributed by atoms with Crippen molar-refractivity contribution in [1.82, 2.24) is 15.1 Å². The van der Waals surface area contributed by atoms with Crippen LogP contribution in [0, 0.1) is 5.92 Å². The number of aliphatic hydroxyl groups is 1. The number of aromatic amines is 1. The van der Waals surface area contributed by atoms with E-state index in [-0.39, 0.29) is 12.3 Å². The van der Waals surface area contributed by atoms with E-state index in [0.29, 0.717) is 19.0 Å². The molecule has 2 aromatic rings. The van der Waals surface area contributed by atoms with Crippen LogP contribution in [-0.4, -0.2) is 55.9 Å². The van der Waals surface area contributed by atoms with Gasteiger partial charge in [-0.15, -0.1) is 0 Å². The fourth-order valence-electron chi connectivity index (χ4n) is 3.74. The van der Waals surface area contributed by atoms with Gasteiger partial charge in [-0.25, -0.2) is 0 Å². The van der Waals surface area contributed by atoms with Crippen molar-refractivity contribution in [3.63, 3.8) is 0 Å². The molecule has 2 aliphatic rings. The molecule has 1 aliphatic carbocycles. The number of carbonyl (C=O) groups is 2. The third-order valence-corrected chi connectivity index (χ3v) is 5.59. The summed E-state index contributed by atoms with van der Waals surface area (Å²) in [5.74, 6) is -2.06. The summed E-state index contributed by atoms with van der Waals surface area (Å²) in [6.45, 7) is 0.425. The minimum absolute atomic E-state index is 0.0119. The van der Waals surface area contributed by atoms with E-state index < -0.39 is 35.7 Å². The second kappa shape index (κ2) is 6.58. The van der Waals surface area contributed by atoms with Gasteiger partial charge in [-0.2, -0.15) is 18.3 Å². The summed E-state index contributed by atoms with van der Waals surface area (Å²) < 4.78 is 39.3. The Morgan fingerprint density at radius 1 is 1.21 bits per heavy atom. The van der Waals surface area contributed by atoms with E-state index in [1.54, 1.807) is 36.7 Å². The van der Waals surface area contributed by atoms with Gasteiger partial charge < -0.3 is 15.3 Å². The number of anilines is 1. The predicted octanol–water partition coefficient (Wildman–Crippen LogP) is 2.32. The maximum absolute atomic E-state index is 13.1. The van der Waals surface area contributed by atoms with Crippen molar-refractivity contribution in [3.05, 3.63) is 36.7 Å². The number of hydrogen-bond donors (Lipinski definition) is 3.